The number of nitrogens with one attached hydrogen (secondary N) is 1. The van der Waals surface area contributed by atoms with Crippen molar-refractivity contribution >= 4 is 34.2 Å². The summed E-state index contributed by atoms with van der Waals surface area (Å²) in [6.45, 7) is 5.72. The Bertz CT molecular complexity index is 1340. The van der Waals surface area contributed by atoms with Crippen LogP contribution in [0.15, 0.2) is 66.4 Å². The fourth-order valence-electron chi connectivity index (χ4n) is 3.58. The number of carbonyl (C=O) groups excluding carboxylic acids is 2. The van der Waals surface area contributed by atoms with Crippen molar-refractivity contribution in [2.45, 2.75) is 20.8 Å². The maximum atomic E-state index is 12.1. The Morgan fingerprint density at radius 3 is 2.30 bits per heavy atom. The Labute approximate surface area is 190 Å². The van der Waals surface area contributed by atoms with Crippen molar-refractivity contribution in [3.05, 3.63) is 71.9 Å². The zero-order chi connectivity index (χ0) is 23.4. The van der Waals surface area contributed by atoms with E-state index < -0.39 is 11.9 Å². The highest BCUT2D eigenvalue weighted by Gasteiger charge is 2.21. The van der Waals surface area contributed by atoms with Gasteiger partial charge in [-0.3, -0.25) is 4.40 Å². The summed E-state index contributed by atoms with van der Waals surface area (Å²) in [7, 11) is 0. The van der Waals surface area contributed by atoms with E-state index >= 15 is 0 Å². The van der Waals surface area contributed by atoms with Gasteiger partial charge in [0.25, 0.3) is 0 Å². The topological polar surface area (TPSA) is 94.8 Å². The molecule has 0 spiro atoms. The average Bonchev–Trinajstić information content (AvgIpc) is 3.24. The molecule has 0 bridgehead atoms. The van der Waals surface area contributed by atoms with Gasteiger partial charge in [0.15, 0.2) is 17.0 Å². The van der Waals surface area contributed by atoms with E-state index in [4.69, 9.17) is 9.47 Å². The van der Waals surface area contributed by atoms with Gasteiger partial charge in [-0.2, -0.15) is 0 Å². The molecule has 8 heteroatoms. The molecule has 0 radical (unpaired) electrons. The molecule has 0 aliphatic carbocycles. The fraction of sp³-hybridized carbons (Fsp3) is 0.200. The first-order valence-electron chi connectivity index (χ1n) is 10.7. The van der Waals surface area contributed by atoms with Crippen LogP contribution in [0.2, 0.25) is 0 Å². The lowest BCUT2D eigenvalue weighted by Crippen LogP contribution is -2.19. The van der Waals surface area contributed by atoms with E-state index in [-0.39, 0.29) is 18.8 Å². The molecular formula is C25H24N4O4. The Hall–Kier alpha value is -4.20. The highest BCUT2D eigenvalue weighted by Crippen LogP contribution is 2.27. The summed E-state index contributed by atoms with van der Waals surface area (Å²) in [5.74, 6) is -0.753. The van der Waals surface area contributed by atoms with Gasteiger partial charge in [0.1, 0.15) is 0 Å². The number of aryl methyl sites for hydroxylation is 1. The van der Waals surface area contributed by atoms with Gasteiger partial charge in [0.05, 0.1) is 18.7 Å². The van der Waals surface area contributed by atoms with Crippen LogP contribution in [0.4, 0.5) is 5.69 Å². The van der Waals surface area contributed by atoms with Gasteiger partial charge in [-0.05, 0) is 62.7 Å². The molecule has 4 rings (SSSR count). The quantitative estimate of drug-likeness (QED) is 0.197. The molecule has 0 aliphatic heterocycles. The van der Waals surface area contributed by atoms with Crippen molar-refractivity contribution in [1.29, 1.82) is 0 Å². The molecule has 0 atom stereocenters. The van der Waals surface area contributed by atoms with Gasteiger partial charge in [0, 0.05) is 22.8 Å². The zero-order valence-corrected chi connectivity index (χ0v) is 18.7. The minimum atomic E-state index is -0.739. The normalized spacial score (nSPS) is 10.8. The van der Waals surface area contributed by atoms with Crippen LogP contribution in [0, 0.1) is 6.92 Å². The highest BCUT2D eigenvalue weighted by molar-refractivity contribution is 6.14. The van der Waals surface area contributed by atoms with Gasteiger partial charge in [0.2, 0.25) is 0 Å². The number of carbonyl (C=O) groups is 2. The van der Waals surface area contributed by atoms with Gasteiger partial charge in [-0.25, -0.2) is 9.59 Å². The maximum absolute atomic E-state index is 12.1. The number of esters is 2. The molecule has 0 unspecified atom stereocenters. The molecule has 0 saturated carbocycles. The molecule has 8 nitrogen and oxygen atoms in total. The lowest BCUT2D eigenvalue weighted by molar-refractivity contribution is -0.146. The Kier molecular flexibility index (Phi) is 6.35. The first-order chi connectivity index (χ1) is 16.0. The second-order valence-electron chi connectivity index (χ2n) is 7.28. The molecule has 33 heavy (non-hydrogen) atoms. The second kappa shape index (κ2) is 9.52. The summed E-state index contributed by atoms with van der Waals surface area (Å²) >= 11 is 0. The number of hydrogen-bond donors (Lipinski definition) is 1. The fourth-order valence-corrected chi connectivity index (χ4v) is 3.58. The van der Waals surface area contributed by atoms with E-state index in [0.29, 0.717) is 5.69 Å². The molecule has 0 fully saturated rings. The molecule has 168 valence electrons. The summed E-state index contributed by atoms with van der Waals surface area (Å²) in [5, 5.41) is 12.9. The van der Waals surface area contributed by atoms with Crippen molar-refractivity contribution in [2.75, 3.05) is 18.5 Å². The van der Waals surface area contributed by atoms with Crippen LogP contribution in [0.3, 0.4) is 0 Å². The average molecular weight is 444 g/mol. The number of benzene rings is 2. The van der Waals surface area contributed by atoms with Crippen LogP contribution in [0.5, 0.6) is 0 Å². The van der Waals surface area contributed by atoms with E-state index in [1.54, 1.807) is 13.8 Å². The van der Waals surface area contributed by atoms with E-state index in [9.17, 15) is 9.59 Å². The summed E-state index contributed by atoms with van der Waals surface area (Å²) in [4.78, 5) is 24.2. The van der Waals surface area contributed by atoms with Crippen LogP contribution in [0.1, 0.15) is 19.4 Å². The van der Waals surface area contributed by atoms with E-state index in [2.05, 4.69) is 34.6 Å². The van der Waals surface area contributed by atoms with Gasteiger partial charge >= 0.3 is 11.9 Å². The number of ether oxygens (including phenoxy) is 2. The smallest absolute Gasteiger partial charge is 0.347 e. The monoisotopic (exact) mass is 444 g/mol. The van der Waals surface area contributed by atoms with Crippen molar-refractivity contribution < 1.29 is 19.1 Å². The lowest BCUT2D eigenvalue weighted by atomic mass is 10.1. The SMILES string of the molecule is CCOC(=O)C(=CNc1ccc(-c2nnc3cc(C)c4ccccc4n23)cc1)C(=O)OCC. The standard InChI is InChI=1S/C25H24N4O4/c1-4-32-24(30)20(25(31)33-5-2)15-26-18-12-10-17(11-13-18)23-28-27-22-14-16(3)19-8-6-7-9-21(19)29(22)23/h6-15,26H,4-5H2,1-3H3. The Balaban J connectivity index is 1.64. The van der Waals surface area contributed by atoms with Gasteiger partial charge in [-0.15, -0.1) is 10.2 Å². The van der Waals surface area contributed by atoms with E-state index in [0.717, 1.165) is 33.5 Å². The highest BCUT2D eigenvalue weighted by atomic mass is 16.6. The molecule has 1 N–H and O–H groups in total. The first kappa shape index (κ1) is 22.0. The molecule has 0 aliphatic rings. The third-order valence-electron chi connectivity index (χ3n) is 5.12. The summed E-state index contributed by atoms with van der Waals surface area (Å²) in [6, 6.07) is 17.6. The third kappa shape index (κ3) is 4.41. The second-order valence-corrected chi connectivity index (χ2v) is 7.28. The number of anilines is 1. The Morgan fingerprint density at radius 2 is 1.64 bits per heavy atom. The molecule has 2 aromatic heterocycles. The number of rotatable bonds is 7. The molecule has 4 aromatic rings. The van der Waals surface area contributed by atoms with Crippen LogP contribution in [-0.2, 0) is 19.1 Å². The van der Waals surface area contributed by atoms with E-state index in [1.807, 2.05) is 46.9 Å². The largest absolute Gasteiger partial charge is 0.462 e. The Morgan fingerprint density at radius 1 is 0.970 bits per heavy atom. The van der Waals surface area contributed by atoms with Crippen LogP contribution in [-0.4, -0.2) is 39.8 Å². The van der Waals surface area contributed by atoms with Crippen LogP contribution < -0.4 is 5.32 Å². The molecule has 2 aromatic carbocycles. The van der Waals surface area contributed by atoms with Crippen molar-refractivity contribution in [3.63, 3.8) is 0 Å². The summed E-state index contributed by atoms with van der Waals surface area (Å²) < 4.78 is 11.9. The number of hydrogen-bond acceptors (Lipinski definition) is 7. The molecule has 0 amide bonds. The van der Waals surface area contributed by atoms with E-state index in [1.165, 1.54) is 6.20 Å². The molecular weight excluding hydrogens is 420 g/mol. The van der Waals surface area contributed by atoms with Gasteiger partial charge < -0.3 is 14.8 Å². The third-order valence-corrected chi connectivity index (χ3v) is 5.12. The van der Waals surface area contributed by atoms with Crippen molar-refractivity contribution in [2.24, 2.45) is 0 Å². The van der Waals surface area contributed by atoms with Crippen molar-refractivity contribution in [1.82, 2.24) is 14.6 Å². The molecule has 0 saturated heterocycles. The predicted octanol–water partition coefficient (Wildman–Crippen LogP) is 4.28. The minimum Gasteiger partial charge on any atom is -0.462 e. The van der Waals surface area contributed by atoms with Crippen molar-refractivity contribution in [3.8, 4) is 11.4 Å². The first-order valence-corrected chi connectivity index (χ1v) is 10.7. The van der Waals surface area contributed by atoms with Crippen LogP contribution in [0.25, 0.3) is 27.9 Å². The van der Waals surface area contributed by atoms with Crippen LogP contribution >= 0.6 is 0 Å². The number of aromatic nitrogens is 3. The minimum absolute atomic E-state index is 0.158. The maximum Gasteiger partial charge on any atom is 0.347 e. The zero-order valence-electron chi connectivity index (χ0n) is 18.7. The predicted molar refractivity (Wildman–Crippen MR) is 126 cm³/mol. The molecule has 2 heterocycles. The number of pyridine rings is 1. The summed E-state index contributed by atoms with van der Waals surface area (Å²) in [5.41, 5.74) is 4.31. The number of nitrogens with zero attached hydrogens (tertiary/aromatic N) is 3. The number of fused-ring (bicyclic) bond motifs is 3. The van der Waals surface area contributed by atoms with Gasteiger partial charge in [-0.1, -0.05) is 18.2 Å². The number of para-hydroxylation sites is 1. The summed E-state index contributed by atoms with van der Waals surface area (Å²) in [6.07, 6.45) is 1.30. The lowest BCUT2D eigenvalue weighted by Gasteiger charge is -2.09.